The molecule has 5 N–H and O–H groups in total. The van der Waals surface area contributed by atoms with E-state index in [4.69, 9.17) is 10.5 Å². The lowest BCUT2D eigenvalue weighted by atomic mass is 10.1. The minimum Gasteiger partial charge on any atom is -0.495 e. The van der Waals surface area contributed by atoms with E-state index in [0.717, 1.165) is 12.8 Å². The first-order valence-corrected chi connectivity index (χ1v) is 13.9. The zero-order chi connectivity index (χ0) is 31.1. The fourth-order valence-corrected chi connectivity index (χ4v) is 4.77. The van der Waals surface area contributed by atoms with Crippen LogP contribution >= 0.6 is 0 Å². The van der Waals surface area contributed by atoms with E-state index >= 15 is 0 Å². The fraction of sp³-hybridized carbons (Fsp3) is 0.379. The first kappa shape index (κ1) is 31.0. The van der Waals surface area contributed by atoms with Crippen LogP contribution in [-0.4, -0.2) is 94.7 Å². The van der Waals surface area contributed by atoms with Crippen LogP contribution in [0.1, 0.15) is 45.2 Å². The molecule has 0 spiro atoms. The number of aryl methyl sites for hydroxylation is 1. The molecule has 1 atom stereocenters. The number of ether oxygens (including phenoxy) is 1. The van der Waals surface area contributed by atoms with Gasteiger partial charge in [0.25, 0.3) is 11.8 Å². The third kappa shape index (κ3) is 7.65. The number of rotatable bonds is 12. The van der Waals surface area contributed by atoms with Crippen LogP contribution in [-0.2, 0) is 4.79 Å². The van der Waals surface area contributed by atoms with Crippen molar-refractivity contribution in [1.29, 1.82) is 0 Å². The van der Waals surface area contributed by atoms with Gasteiger partial charge in [0.05, 0.1) is 30.7 Å². The van der Waals surface area contributed by atoms with Crippen LogP contribution in [0.3, 0.4) is 0 Å². The molecule has 1 fully saturated rings. The maximum absolute atomic E-state index is 12.7. The SMILES string of the molecule is C=CC(=O)N1CCC[C@H](n2cc(Nc3ncc(C(N)=O)c(Nc4c(C)cc(C(=O)NCCN(C)C)cc4OC)n3)cn2)C1. The maximum Gasteiger partial charge on any atom is 0.254 e. The van der Waals surface area contributed by atoms with Gasteiger partial charge in [0.2, 0.25) is 11.9 Å². The molecule has 1 aliphatic heterocycles. The van der Waals surface area contributed by atoms with Gasteiger partial charge in [-0.2, -0.15) is 10.1 Å². The number of piperidine rings is 1. The highest BCUT2D eigenvalue weighted by atomic mass is 16.5. The van der Waals surface area contributed by atoms with Crippen molar-refractivity contribution in [2.75, 3.05) is 58.0 Å². The van der Waals surface area contributed by atoms with Gasteiger partial charge >= 0.3 is 0 Å². The number of benzene rings is 1. The molecular formula is C29H38N10O4. The van der Waals surface area contributed by atoms with E-state index in [9.17, 15) is 14.4 Å². The fourth-order valence-electron chi connectivity index (χ4n) is 4.77. The van der Waals surface area contributed by atoms with Crippen molar-refractivity contribution in [3.05, 3.63) is 60.1 Å². The number of nitrogens with two attached hydrogens (primary N) is 1. The zero-order valence-corrected chi connectivity index (χ0v) is 24.9. The summed E-state index contributed by atoms with van der Waals surface area (Å²) in [6.07, 6.45) is 7.87. The number of methoxy groups -OCH3 is 1. The highest BCUT2D eigenvalue weighted by Gasteiger charge is 2.24. The Balaban J connectivity index is 1.54. The summed E-state index contributed by atoms with van der Waals surface area (Å²) in [5.74, 6) is -0.288. The van der Waals surface area contributed by atoms with Crippen LogP contribution in [0.2, 0.25) is 0 Å². The Hall–Kier alpha value is -4.98. The molecular weight excluding hydrogens is 552 g/mol. The second-order valence-corrected chi connectivity index (χ2v) is 10.5. The molecule has 3 aromatic rings. The van der Waals surface area contributed by atoms with Gasteiger partial charge in [-0.25, -0.2) is 4.98 Å². The molecule has 3 heterocycles. The summed E-state index contributed by atoms with van der Waals surface area (Å²) in [5, 5.41) is 13.6. The van der Waals surface area contributed by atoms with Crippen LogP contribution < -0.4 is 26.4 Å². The van der Waals surface area contributed by atoms with E-state index < -0.39 is 5.91 Å². The first-order chi connectivity index (χ1) is 20.6. The van der Waals surface area contributed by atoms with E-state index in [-0.39, 0.29) is 35.2 Å². The smallest absolute Gasteiger partial charge is 0.254 e. The Morgan fingerprint density at radius 2 is 2.02 bits per heavy atom. The molecule has 0 bridgehead atoms. The van der Waals surface area contributed by atoms with Crippen molar-refractivity contribution < 1.29 is 19.1 Å². The van der Waals surface area contributed by atoms with Crippen molar-refractivity contribution >= 4 is 40.9 Å². The summed E-state index contributed by atoms with van der Waals surface area (Å²) < 4.78 is 7.39. The predicted octanol–water partition coefficient (Wildman–Crippen LogP) is 2.22. The van der Waals surface area contributed by atoms with Crippen molar-refractivity contribution in [2.24, 2.45) is 5.73 Å². The van der Waals surface area contributed by atoms with Crippen molar-refractivity contribution in [3.63, 3.8) is 0 Å². The van der Waals surface area contributed by atoms with Crippen LogP contribution in [0.25, 0.3) is 0 Å². The Morgan fingerprint density at radius 1 is 1.23 bits per heavy atom. The van der Waals surface area contributed by atoms with E-state index in [1.54, 1.807) is 23.2 Å². The molecule has 2 aromatic heterocycles. The summed E-state index contributed by atoms with van der Waals surface area (Å²) in [6.45, 7) is 7.84. The summed E-state index contributed by atoms with van der Waals surface area (Å²) in [4.78, 5) is 49.5. The lowest BCUT2D eigenvalue weighted by Gasteiger charge is -2.32. The molecule has 0 unspecified atom stereocenters. The molecule has 3 amide bonds. The Kier molecular flexibility index (Phi) is 9.93. The van der Waals surface area contributed by atoms with Gasteiger partial charge in [0.1, 0.15) is 17.1 Å². The first-order valence-electron chi connectivity index (χ1n) is 13.9. The van der Waals surface area contributed by atoms with Gasteiger partial charge in [-0.1, -0.05) is 6.58 Å². The molecule has 14 nitrogen and oxygen atoms in total. The van der Waals surface area contributed by atoms with Crippen LogP contribution in [0, 0.1) is 6.92 Å². The Morgan fingerprint density at radius 3 is 2.72 bits per heavy atom. The average molecular weight is 591 g/mol. The number of carbonyl (C=O) groups is 3. The van der Waals surface area contributed by atoms with Crippen LogP contribution in [0.15, 0.2) is 43.4 Å². The molecule has 0 saturated carbocycles. The van der Waals surface area contributed by atoms with Crippen LogP contribution in [0.4, 0.5) is 23.1 Å². The summed E-state index contributed by atoms with van der Waals surface area (Å²) in [5.41, 5.74) is 7.97. The van der Waals surface area contributed by atoms with Gasteiger partial charge in [0, 0.05) is 44.1 Å². The molecule has 228 valence electrons. The van der Waals surface area contributed by atoms with Gasteiger partial charge in [-0.3, -0.25) is 19.1 Å². The van der Waals surface area contributed by atoms with Crippen molar-refractivity contribution in [2.45, 2.75) is 25.8 Å². The van der Waals surface area contributed by atoms with E-state index in [0.29, 0.717) is 54.4 Å². The number of nitrogens with one attached hydrogen (secondary N) is 3. The van der Waals surface area contributed by atoms with Gasteiger partial charge in [0.15, 0.2) is 0 Å². The second-order valence-electron chi connectivity index (χ2n) is 10.5. The third-order valence-electron chi connectivity index (χ3n) is 7.04. The highest BCUT2D eigenvalue weighted by Crippen LogP contribution is 2.33. The number of anilines is 4. The number of carbonyl (C=O) groups excluding carboxylic acids is 3. The number of aromatic nitrogens is 4. The molecule has 43 heavy (non-hydrogen) atoms. The number of likely N-dealkylation sites (N-methyl/N-ethyl adjacent to an activating group) is 1. The predicted molar refractivity (Wildman–Crippen MR) is 163 cm³/mol. The maximum atomic E-state index is 12.7. The van der Waals surface area contributed by atoms with Gasteiger partial charge in [-0.15, -0.1) is 0 Å². The number of hydrogen-bond donors (Lipinski definition) is 4. The van der Waals surface area contributed by atoms with Crippen molar-refractivity contribution in [3.8, 4) is 5.75 Å². The third-order valence-corrected chi connectivity index (χ3v) is 7.04. The number of hydrogen-bond acceptors (Lipinski definition) is 10. The molecule has 1 saturated heterocycles. The lowest BCUT2D eigenvalue weighted by Crippen LogP contribution is -2.39. The topological polar surface area (TPSA) is 173 Å². The largest absolute Gasteiger partial charge is 0.495 e. The minimum absolute atomic E-state index is 0.0251. The summed E-state index contributed by atoms with van der Waals surface area (Å²) in [7, 11) is 5.36. The number of likely N-dealkylation sites (tertiary alicyclic amines) is 1. The Labute approximate surface area is 250 Å². The zero-order valence-electron chi connectivity index (χ0n) is 24.9. The van der Waals surface area contributed by atoms with E-state index in [1.165, 1.54) is 19.4 Å². The summed E-state index contributed by atoms with van der Waals surface area (Å²) in [6, 6.07) is 3.37. The monoisotopic (exact) mass is 590 g/mol. The van der Waals surface area contributed by atoms with E-state index in [1.807, 2.05) is 36.8 Å². The number of primary amides is 1. The number of amides is 3. The minimum atomic E-state index is -0.716. The highest BCUT2D eigenvalue weighted by molar-refractivity contribution is 5.99. The Bertz CT molecular complexity index is 1500. The molecule has 0 aliphatic carbocycles. The normalized spacial score (nSPS) is 14.7. The standard InChI is InChI=1S/C29H38N10O4/c1-6-24(40)38-10-7-8-21(17-38)39-16-20(14-33-39)34-29-32-15-22(26(30)41)27(36-29)35-25-18(2)12-19(13-23(25)43-5)28(42)31-9-11-37(3)4/h6,12-16,21H,1,7-11,17H2,2-5H3,(H2,30,41)(H,31,42)(H2,32,34,35,36)/t21-/m0/s1. The van der Waals surface area contributed by atoms with Gasteiger partial charge < -0.3 is 36.2 Å². The molecule has 1 aromatic carbocycles. The lowest BCUT2D eigenvalue weighted by molar-refractivity contribution is -0.127. The van der Waals surface area contributed by atoms with Crippen LogP contribution in [0.5, 0.6) is 5.75 Å². The molecule has 14 heteroatoms. The molecule has 4 rings (SSSR count). The quantitative estimate of drug-likeness (QED) is 0.229. The summed E-state index contributed by atoms with van der Waals surface area (Å²) >= 11 is 0. The molecule has 0 radical (unpaired) electrons. The molecule has 1 aliphatic rings. The van der Waals surface area contributed by atoms with Gasteiger partial charge in [-0.05, 0) is 57.6 Å². The second kappa shape index (κ2) is 13.8. The number of nitrogens with zero attached hydrogens (tertiary/aromatic N) is 6. The average Bonchev–Trinajstić information content (AvgIpc) is 3.45. The van der Waals surface area contributed by atoms with Crippen molar-refractivity contribution in [1.82, 2.24) is 34.9 Å². The van der Waals surface area contributed by atoms with E-state index in [2.05, 4.69) is 37.6 Å².